The SMILES string of the molecule is [2H]c1c(Oc2ccc3c4ccccc4n(-c4ccccn4)c3c2)cc(-c2nccnn2)cc1Oc1ccc2c3ccccc3n(-c3ccccn3)c2c1. The molecule has 0 aliphatic rings. The summed E-state index contributed by atoms with van der Waals surface area (Å²) in [6, 6.07) is 43.6. The van der Waals surface area contributed by atoms with Crippen LogP contribution in [-0.4, -0.2) is 34.3 Å². The lowest BCUT2D eigenvalue weighted by Crippen LogP contribution is -1.97. The van der Waals surface area contributed by atoms with Crippen LogP contribution in [0.4, 0.5) is 0 Å². The fourth-order valence-electron chi connectivity index (χ4n) is 6.88. The highest BCUT2D eigenvalue weighted by atomic mass is 16.5. The first-order chi connectivity index (χ1) is 26.2. The number of hydrogen-bond acceptors (Lipinski definition) is 7. The van der Waals surface area contributed by atoms with E-state index in [0.717, 1.165) is 55.2 Å². The van der Waals surface area contributed by atoms with Gasteiger partial charge in [-0.2, -0.15) is 5.10 Å². The van der Waals surface area contributed by atoms with Gasteiger partial charge in [0.25, 0.3) is 0 Å². The van der Waals surface area contributed by atoms with E-state index in [0.29, 0.717) is 22.9 Å². The Kier molecular flexibility index (Phi) is 6.67. The highest BCUT2D eigenvalue weighted by Crippen LogP contribution is 2.39. The summed E-state index contributed by atoms with van der Waals surface area (Å²) in [7, 11) is 0. The molecule has 5 aromatic carbocycles. The molecule has 0 amide bonds. The predicted octanol–water partition coefficient (Wildman–Crippen LogP) is 10.1. The van der Waals surface area contributed by atoms with Crippen LogP contribution in [0.1, 0.15) is 1.37 Å². The molecule has 246 valence electrons. The van der Waals surface area contributed by atoms with Gasteiger partial charge in [0, 0.05) is 63.9 Å². The molecule has 0 N–H and O–H groups in total. The van der Waals surface area contributed by atoms with Gasteiger partial charge >= 0.3 is 0 Å². The quantitative estimate of drug-likeness (QED) is 0.166. The van der Waals surface area contributed by atoms with Crippen molar-refractivity contribution in [3.8, 4) is 46.0 Å². The molecule has 0 saturated heterocycles. The first kappa shape index (κ1) is 28.4. The van der Waals surface area contributed by atoms with E-state index >= 15 is 0 Å². The van der Waals surface area contributed by atoms with E-state index in [9.17, 15) is 1.37 Å². The second kappa shape index (κ2) is 12.2. The minimum absolute atomic E-state index is 0.0633. The van der Waals surface area contributed by atoms with Gasteiger partial charge in [-0.15, -0.1) is 5.10 Å². The minimum Gasteiger partial charge on any atom is -0.457 e. The number of nitrogens with zero attached hydrogens (tertiary/aromatic N) is 7. The van der Waals surface area contributed by atoms with Crippen molar-refractivity contribution in [2.75, 3.05) is 0 Å². The number of aromatic nitrogens is 7. The van der Waals surface area contributed by atoms with Gasteiger partial charge in [-0.3, -0.25) is 9.13 Å². The summed E-state index contributed by atoms with van der Waals surface area (Å²) in [4.78, 5) is 13.7. The van der Waals surface area contributed by atoms with Gasteiger partial charge in [-0.05, 0) is 72.8 Å². The zero-order valence-corrected chi connectivity index (χ0v) is 27.5. The van der Waals surface area contributed by atoms with E-state index in [1.807, 2.05) is 97.1 Å². The highest BCUT2D eigenvalue weighted by molar-refractivity contribution is 6.10. The van der Waals surface area contributed by atoms with E-state index < -0.39 is 0 Å². The molecule has 0 unspecified atom stereocenters. The van der Waals surface area contributed by atoms with E-state index in [4.69, 9.17) is 9.47 Å². The maximum absolute atomic E-state index is 9.32. The number of fused-ring (bicyclic) bond motifs is 6. The van der Waals surface area contributed by atoms with Crippen LogP contribution < -0.4 is 9.47 Å². The molecule has 9 nitrogen and oxygen atoms in total. The van der Waals surface area contributed by atoms with Gasteiger partial charge < -0.3 is 9.47 Å². The van der Waals surface area contributed by atoms with Crippen molar-refractivity contribution in [2.24, 2.45) is 0 Å². The summed E-state index contributed by atoms with van der Waals surface area (Å²) in [5.74, 6) is 3.59. The first-order valence-electron chi connectivity index (χ1n) is 17.2. The lowest BCUT2D eigenvalue weighted by atomic mass is 10.1. The maximum atomic E-state index is 9.32. The van der Waals surface area contributed by atoms with Gasteiger partial charge in [0.2, 0.25) is 0 Å². The molecule has 0 saturated carbocycles. The zero-order valence-electron chi connectivity index (χ0n) is 28.5. The van der Waals surface area contributed by atoms with Crippen LogP contribution in [0.3, 0.4) is 0 Å². The average Bonchev–Trinajstić information content (AvgIpc) is 3.72. The molecule has 5 heterocycles. The van der Waals surface area contributed by atoms with E-state index in [1.165, 1.54) is 6.20 Å². The van der Waals surface area contributed by atoms with Gasteiger partial charge in [0.1, 0.15) is 34.6 Å². The number of rotatable bonds is 7. The van der Waals surface area contributed by atoms with Crippen molar-refractivity contribution < 1.29 is 10.8 Å². The van der Waals surface area contributed by atoms with Crippen molar-refractivity contribution in [2.45, 2.75) is 0 Å². The Morgan fingerprint density at radius 2 is 0.962 bits per heavy atom. The second-order valence-corrected chi connectivity index (χ2v) is 12.2. The standard InChI is InChI=1S/C43H27N7O2/c1-3-11-37-33(9-1)35-17-15-29(26-39(35)49(37)41-13-5-7-19-44-41)51-31-23-28(43-46-21-22-47-48-43)24-32(25-31)52-30-16-18-36-34-10-2-4-12-38(34)50(40(36)27-30)42-14-6-8-20-45-42/h1-27H/i25D. The molecule has 0 aliphatic heterocycles. The molecular weight excluding hydrogens is 647 g/mol. The van der Waals surface area contributed by atoms with E-state index in [2.05, 4.69) is 58.5 Å². The summed E-state index contributed by atoms with van der Waals surface area (Å²) >= 11 is 0. The van der Waals surface area contributed by atoms with Crippen molar-refractivity contribution >= 4 is 43.6 Å². The topological polar surface area (TPSA) is 92.8 Å². The van der Waals surface area contributed by atoms with Gasteiger partial charge in [0.15, 0.2) is 5.82 Å². The number of ether oxygens (including phenoxy) is 2. The Hall–Kier alpha value is -7.39. The smallest absolute Gasteiger partial charge is 0.181 e. The minimum atomic E-state index is 0.0633. The lowest BCUT2D eigenvalue weighted by molar-refractivity contribution is 0.461. The molecule has 5 aromatic heterocycles. The Morgan fingerprint density at radius 1 is 0.442 bits per heavy atom. The van der Waals surface area contributed by atoms with Crippen LogP contribution in [0.2, 0.25) is 0 Å². The summed E-state index contributed by atoms with van der Waals surface area (Å²) in [6.07, 6.45) is 6.66. The highest BCUT2D eigenvalue weighted by Gasteiger charge is 2.17. The summed E-state index contributed by atoms with van der Waals surface area (Å²) < 4.78 is 26.6. The fourth-order valence-corrected chi connectivity index (χ4v) is 6.88. The molecule has 0 aliphatic carbocycles. The summed E-state index contributed by atoms with van der Waals surface area (Å²) in [5.41, 5.74) is 4.50. The number of hydrogen-bond donors (Lipinski definition) is 0. The Morgan fingerprint density at radius 3 is 1.46 bits per heavy atom. The molecule has 0 atom stereocenters. The van der Waals surface area contributed by atoms with Crippen molar-refractivity contribution in [3.05, 3.63) is 164 Å². The first-order valence-corrected chi connectivity index (χ1v) is 16.7. The Balaban J connectivity index is 1.09. The third-order valence-electron chi connectivity index (χ3n) is 9.06. The maximum Gasteiger partial charge on any atom is 0.181 e. The van der Waals surface area contributed by atoms with Gasteiger partial charge in [-0.1, -0.05) is 48.5 Å². The van der Waals surface area contributed by atoms with Crippen LogP contribution in [0, 0.1) is 0 Å². The second-order valence-electron chi connectivity index (χ2n) is 12.2. The van der Waals surface area contributed by atoms with Crippen LogP contribution >= 0.6 is 0 Å². The van der Waals surface area contributed by atoms with E-state index in [-0.39, 0.29) is 17.5 Å². The number of benzene rings is 5. The zero-order chi connectivity index (χ0) is 35.3. The van der Waals surface area contributed by atoms with Crippen molar-refractivity contribution in [1.82, 2.24) is 34.3 Å². The molecule has 10 aromatic rings. The molecule has 0 fully saturated rings. The third kappa shape index (κ3) is 5.07. The van der Waals surface area contributed by atoms with Gasteiger partial charge in [0.05, 0.1) is 29.6 Å². The summed E-state index contributed by atoms with van der Waals surface area (Å²) in [5, 5.41) is 12.6. The Labute approximate surface area is 298 Å². The molecule has 0 spiro atoms. The normalized spacial score (nSPS) is 11.7. The average molecular weight is 675 g/mol. The van der Waals surface area contributed by atoms with Crippen molar-refractivity contribution in [1.29, 1.82) is 0 Å². The monoisotopic (exact) mass is 674 g/mol. The number of pyridine rings is 2. The van der Waals surface area contributed by atoms with Crippen LogP contribution in [0.5, 0.6) is 23.0 Å². The molecule has 9 heteroatoms. The van der Waals surface area contributed by atoms with Crippen LogP contribution in [0.15, 0.2) is 164 Å². The molecule has 52 heavy (non-hydrogen) atoms. The predicted molar refractivity (Wildman–Crippen MR) is 203 cm³/mol. The largest absolute Gasteiger partial charge is 0.457 e. The molecule has 0 bridgehead atoms. The van der Waals surface area contributed by atoms with Crippen molar-refractivity contribution in [3.63, 3.8) is 0 Å². The molecular formula is C43H27N7O2. The molecule has 10 rings (SSSR count). The Bertz CT molecular complexity index is 2790. The van der Waals surface area contributed by atoms with E-state index in [1.54, 1.807) is 30.7 Å². The van der Waals surface area contributed by atoms with Crippen LogP contribution in [0.25, 0.3) is 66.6 Å². The number of para-hydroxylation sites is 2. The summed E-state index contributed by atoms with van der Waals surface area (Å²) in [6.45, 7) is 0. The van der Waals surface area contributed by atoms with Crippen LogP contribution in [-0.2, 0) is 0 Å². The molecule has 0 radical (unpaired) electrons. The van der Waals surface area contributed by atoms with Gasteiger partial charge in [-0.25, -0.2) is 15.0 Å². The lowest BCUT2D eigenvalue weighted by Gasteiger charge is -2.13. The fraction of sp³-hybridized carbons (Fsp3) is 0. The third-order valence-corrected chi connectivity index (χ3v) is 9.06.